The Morgan fingerprint density at radius 1 is 0.929 bits per heavy atom. The fourth-order valence-electron chi connectivity index (χ4n) is 2.10. The van der Waals surface area contributed by atoms with E-state index in [1.54, 1.807) is 48.5 Å². The first kappa shape index (κ1) is 21.0. The van der Waals surface area contributed by atoms with Crippen molar-refractivity contribution in [3.05, 3.63) is 54.1 Å². The third-order valence-electron chi connectivity index (χ3n) is 3.76. The van der Waals surface area contributed by atoms with Gasteiger partial charge in [0.05, 0.1) is 7.11 Å². The molecule has 0 aliphatic heterocycles. The minimum Gasteiger partial charge on any atom is -0.482 e. The molecule has 0 bridgehead atoms. The van der Waals surface area contributed by atoms with Gasteiger partial charge in [-0.3, -0.25) is 9.59 Å². The summed E-state index contributed by atoms with van der Waals surface area (Å²) in [6.45, 7) is 5.27. The third-order valence-corrected chi connectivity index (χ3v) is 3.76. The van der Waals surface area contributed by atoms with Gasteiger partial charge >= 0.3 is 5.97 Å². The van der Waals surface area contributed by atoms with E-state index in [1.165, 1.54) is 7.11 Å². The van der Waals surface area contributed by atoms with Crippen LogP contribution < -0.4 is 15.4 Å². The van der Waals surface area contributed by atoms with Crippen LogP contribution in [0, 0.1) is 5.41 Å². The standard InChI is InChI=1S/C21H24N2O5/c1-21(2,3)20(26)23-16-7-5-6-14(12-16)19(25)22-15-8-10-17(11-9-15)28-13-18(24)27-4/h5-12H,13H2,1-4H3,(H,22,25)(H,23,26). The molecule has 2 rings (SSSR count). The van der Waals surface area contributed by atoms with Crippen molar-refractivity contribution in [1.82, 2.24) is 0 Å². The van der Waals surface area contributed by atoms with Crippen LogP contribution in [0.25, 0.3) is 0 Å². The molecule has 2 aromatic rings. The molecule has 0 heterocycles. The molecule has 7 heteroatoms. The number of esters is 1. The summed E-state index contributed by atoms with van der Waals surface area (Å²) >= 11 is 0. The molecule has 148 valence electrons. The molecule has 2 amide bonds. The van der Waals surface area contributed by atoms with E-state index >= 15 is 0 Å². The Balaban J connectivity index is 2.00. The van der Waals surface area contributed by atoms with Crippen molar-refractivity contribution in [2.45, 2.75) is 20.8 Å². The lowest BCUT2D eigenvalue weighted by Gasteiger charge is -2.18. The predicted molar refractivity (Wildman–Crippen MR) is 106 cm³/mol. The average Bonchev–Trinajstić information content (AvgIpc) is 2.66. The van der Waals surface area contributed by atoms with Gasteiger partial charge in [-0.15, -0.1) is 0 Å². The van der Waals surface area contributed by atoms with Crippen LogP contribution in [-0.2, 0) is 14.3 Å². The molecular formula is C21H24N2O5. The van der Waals surface area contributed by atoms with Crippen molar-refractivity contribution < 1.29 is 23.9 Å². The predicted octanol–water partition coefficient (Wildman–Crippen LogP) is 3.48. The molecule has 2 N–H and O–H groups in total. The van der Waals surface area contributed by atoms with Crippen molar-refractivity contribution in [2.24, 2.45) is 5.41 Å². The Kier molecular flexibility index (Phi) is 6.76. The number of carbonyl (C=O) groups is 3. The van der Waals surface area contributed by atoms with Crippen molar-refractivity contribution in [1.29, 1.82) is 0 Å². The lowest BCUT2D eigenvalue weighted by molar-refractivity contribution is -0.142. The van der Waals surface area contributed by atoms with Gasteiger partial charge in [0, 0.05) is 22.4 Å². The van der Waals surface area contributed by atoms with Gasteiger partial charge in [0.15, 0.2) is 6.61 Å². The number of rotatable bonds is 6. The zero-order chi connectivity index (χ0) is 20.7. The second-order valence-electron chi connectivity index (χ2n) is 7.13. The number of carbonyl (C=O) groups excluding carboxylic acids is 3. The summed E-state index contributed by atoms with van der Waals surface area (Å²) in [5, 5.41) is 5.58. The van der Waals surface area contributed by atoms with Gasteiger partial charge in [0.2, 0.25) is 5.91 Å². The van der Waals surface area contributed by atoms with E-state index in [9.17, 15) is 14.4 Å². The van der Waals surface area contributed by atoms with E-state index in [-0.39, 0.29) is 18.4 Å². The quantitative estimate of drug-likeness (QED) is 0.744. The molecule has 0 fully saturated rings. The van der Waals surface area contributed by atoms with Gasteiger partial charge in [-0.1, -0.05) is 26.8 Å². The fraction of sp³-hybridized carbons (Fsp3) is 0.286. The van der Waals surface area contributed by atoms with Crippen LogP contribution in [0.2, 0.25) is 0 Å². The molecule has 2 aromatic carbocycles. The average molecular weight is 384 g/mol. The normalized spacial score (nSPS) is 10.7. The number of methoxy groups -OCH3 is 1. The number of anilines is 2. The summed E-state index contributed by atoms with van der Waals surface area (Å²) in [4.78, 5) is 35.6. The van der Waals surface area contributed by atoms with Gasteiger partial charge in [-0.25, -0.2) is 4.79 Å². The Morgan fingerprint density at radius 3 is 2.21 bits per heavy atom. The number of amides is 2. The van der Waals surface area contributed by atoms with Crippen LogP contribution in [0.4, 0.5) is 11.4 Å². The van der Waals surface area contributed by atoms with Crippen LogP contribution >= 0.6 is 0 Å². The van der Waals surface area contributed by atoms with Gasteiger partial charge in [-0.05, 0) is 42.5 Å². The summed E-state index contributed by atoms with van der Waals surface area (Å²) in [6.07, 6.45) is 0. The zero-order valence-corrected chi connectivity index (χ0v) is 16.4. The second kappa shape index (κ2) is 9.03. The molecule has 0 aliphatic carbocycles. The van der Waals surface area contributed by atoms with Crippen molar-refractivity contribution in [2.75, 3.05) is 24.4 Å². The van der Waals surface area contributed by atoms with Gasteiger partial charge in [0.1, 0.15) is 5.75 Å². The van der Waals surface area contributed by atoms with Crippen molar-refractivity contribution in [3.63, 3.8) is 0 Å². The smallest absolute Gasteiger partial charge is 0.343 e. The highest BCUT2D eigenvalue weighted by molar-refractivity contribution is 6.05. The first-order valence-corrected chi connectivity index (χ1v) is 8.71. The van der Waals surface area contributed by atoms with Gasteiger partial charge in [0.25, 0.3) is 5.91 Å². The number of hydrogen-bond acceptors (Lipinski definition) is 5. The molecule has 0 radical (unpaired) electrons. The van der Waals surface area contributed by atoms with Crippen molar-refractivity contribution in [3.8, 4) is 5.75 Å². The third kappa shape index (κ3) is 6.12. The topological polar surface area (TPSA) is 93.7 Å². The highest BCUT2D eigenvalue weighted by Gasteiger charge is 2.21. The van der Waals surface area contributed by atoms with E-state index in [0.717, 1.165) is 0 Å². The lowest BCUT2D eigenvalue weighted by Crippen LogP contribution is -2.27. The number of hydrogen-bond donors (Lipinski definition) is 2. The largest absolute Gasteiger partial charge is 0.482 e. The maximum atomic E-state index is 12.5. The SMILES string of the molecule is COC(=O)COc1ccc(NC(=O)c2cccc(NC(=O)C(C)(C)C)c2)cc1. The molecule has 0 unspecified atom stereocenters. The highest BCUT2D eigenvalue weighted by Crippen LogP contribution is 2.20. The second-order valence-corrected chi connectivity index (χ2v) is 7.13. The Hall–Kier alpha value is -3.35. The lowest BCUT2D eigenvalue weighted by atomic mass is 9.95. The first-order valence-electron chi connectivity index (χ1n) is 8.71. The summed E-state index contributed by atoms with van der Waals surface area (Å²) in [6, 6.07) is 13.3. The minimum absolute atomic E-state index is 0.132. The zero-order valence-electron chi connectivity index (χ0n) is 16.4. The summed E-state index contributed by atoms with van der Waals surface area (Å²) in [7, 11) is 1.29. The van der Waals surface area contributed by atoms with E-state index < -0.39 is 11.4 Å². The maximum Gasteiger partial charge on any atom is 0.343 e. The van der Waals surface area contributed by atoms with E-state index in [1.807, 2.05) is 20.8 Å². The Morgan fingerprint density at radius 2 is 1.61 bits per heavy atom. The molecule has 0 saturated heterocycles. The Labute approximate surface area is 164 Å². The number of benzene rings is 2. The molecule has 0 atom stereocenters. The van der Waals surface area contributed by atoms with E-state index in [2.05, 4.69) is 15.4 Å². The fourth-order valence-corrected chi connectivity index (χ4v) is 2.10. The van der Waals surface area contributed by atoms with E-state index in [0.29, 0.717) is 22.7 Å². The molecule has 7 nitrogen and oxygen atoms in total. The summed E-state index contributed by atoms with van der Waals surface area (Å²) in [5.41, 5.74) is 1.01. The summed E-state index contributed by atoms with van der Waals surface area (Å²) < 4.78 is 9.76. The molecule has 28 heavy (non-hydrogen) atoms. The van der Waals surface area contributed by atoms with Crippen LogP contribution in [0.5, 0.6) is 5.75 Å². The molecule has 0 aromatic heterocycles. The minimum atomic E-state index is -0.532. The molecule has 0 saturated carbocycles. The summed E-state index contributed by atoms with van der Waals surface area (Å²) in [5.74, 6) is -0.436. The van der Waals surface area contributed by atoms with Crippen LogP contribution in [-0.4, -0.2) is 31.5 Å². The maximum absolute atomic E-state index is 12.5. The molecule has 0 spiro atoms. The van der Waals surface area contributed by atoms with Gasteiger partial charge < -0.3 is 20.1 Å². The first-order chi connectivity index (χ1) is 13.2. The number of nitrogens with one attached hydrogen (secondary N) is 2. The molecule has 0 aliphatic rings. The highest BCUT2D eigenvalue weighted by atomic mass is 16.6. The van der Waals surface area contributed by atoms with E-state index in [4.69, 9.17) is 4.74 Å². The number of ether oxygens (including phenoxy) is 2. The van der Waals surface area contributed by atoms with Crippen molar-refractivity contribution >= 4 is 29.2 Å². The van der Waals surface area contributed by atoms with Gasteiger partial charge in [-0.2, -0.15) is 0 Å². The van der Waals surface area contributed by atoms with Crippen LogP contribution in [0.15, 0.2) is 48.5 Å². The van der Waals surface area contributed by atoms with Crippen LogP contribution in [0.3, 0.4) is 0 Å². The molecular weight excluding hydrogens is 360 g/mol. The Bertz CT molecular complexity index is 854. The monoisotopic (exact) mass is 384 g/mol. The van der Waals surface area contributed by atoms with Crippen LogP contribution in [0.1, 0.15) is 31.1 Å².